The fourth-order valence-corrected chi connectivity index (χ4v) is 3.59. The molecule has 0 atom stereocenters. The van der Waals surface area contributed by atoms with Crippen LogP contribution in [0.3, 0.4) is 0 Å². The number of likely N-dealkylation sites (N-methyl/N-ethyl adjacent to an activating group) is 1. The Hall–Kier alpha value is -3.58. The summed E-state index contributed by atoms with van der Waals surface area (Å²) in [6, 6.07) is 19.5. The van der Waals surface area contributed by atoms with Crippen molar-refractivity contribution in [2.45, 2.75) is 20.8 Å². The number of nitrogens with zero attached hydrogens (tertiary/aromatic N) is 5. The van der Waals surface area contributed by atoms with Gasteiger partial charge in [-0.15, -0.1) is 10.2 Å². The molecule has 2 aromatic carbocycles. The van der Waals surface area contributed by atoms with Gasteiger partial charge in [-0.1, -0.05) is 55.8 Å². The Bertz CT molecular complexity index is 1190. The summed E-state index contributed by atoms with van der Waals surface area (Å²) in [4.78, 5) is 14.7. The van der Waals surface area contributed by atoms with Gasteiger partial charge in [0.1, 0.15) is 0 Å². The van der Waals surface area contributed by atoms with Crippen molar-refractivity contribution in [3.63, 3.8) is 0 Å². The van der Waals surface area contributed by atoms with E-state index in [0.29, 0.717) is 23.6 Å². The van der Waals surface area contributed by atoms with Gasteiger partial charge in [-0.25, -0.2) is 0 Å². The molecule has 7 heteroatoms. The smallest absolute Gasteiger partial charge is 0.251 e. The third kappa shape index (κ3) is 4.68. The summed E-state index contributed by atoms with van der Waals surface area (Å²) in [5, 5.41) is 16.3. The van der Waals surface area contributed by atoms with E-state index in [2.05, 4.69) is 41.2 Å². The second-order valence-electron chi connectivity index (χ2n) is 7.74. The number of aryl methyl sites for hydroxylation is 1. The summed E-state index contributed by atoms with van der Waals surface area (Å²) in [5.74, 6) is 0.638. The minimum Gasteiger partial charge on any atom is -0.351 e. The molecule has 7 nitrogen and oxygen atoms in total. The van der Waals surface area contributed by atoms with E-state index in [9.17, 15) is 4.79 Å². The summed E-state index contributed by atoms with van der Waals surface area (Å²) < 4.78 is 1.76. The van der Waals surface area contributed by atoms with Gasteiger partial charge in [0.05, 0.1) is 5.69 Å². The van der Waals surface area contributed by atoms with Crippen LogP contribution in [0.15, 0.2) is 60.7 Å². The minimum absolute atomic E-state index is 0.0624. The lowest BCUT2D eigenvalue weighted by Gasteiger charge is -2.17. The highest BCUT2D eigenvalue weighted by molar-refractivity contribution is 5.94. The minimum atomic E-state index is -0.0624. The monoisotopic (exact) mass is 428 g/mol. The summed E-state index contributed by atoms with van der Waals surface area (Å²) >= 11 is 0. The van der Waals surface area contributed by atoms with Crippen LogP contribution in [0.1, 0.15) is 29.8 Å². The summed E-state index contributed by atoms with van der Waals surface area (Å²) in [5.41, 5.74) is 5.19. The number of carbonyl (C=O) groups excluding carboxylic acids is 1. The van der Waals surface area contributed by atoms with Crippen molar-refractivity contribution in [3.8, 4) is 22.6 Å². The van der Waals surface area contributed by atoms with Gasteiger partial charge in [0.2, 0.25) is 0 Å². The molecule has 4 aromatic rings. The molecule has 0 aliphatic heterocycles. The molecule has 0 aliphatic carbocycles. The lowest BCUT2D eigenvalue weighted by molar-refractivity contribution is 0.0949. The van der Waals surface area contributed by atoms with E-state index < -0.39 is 0 Å². The van der Waals surface area contributed by atoms with E-state index >= 15 is 0 Å². The van der Waals surface area contributed by atoms with Crippen LogP contribution in [0.25, 0.3) is 28.3 Å². The molecule has 1 amide bonds. The second kappa shape index (κ2) is 9.70. The van der Waals surface area contributed by atoms with Gasteiger partial charge in [-0.05, 0) is 44.3 Å². The van der Waals surface area contributed by atoms with Crippen LogP contribution < -0.4 is 5.32 Å². The molecule has 0 radical (unpaired) electrons. The first-order valence-electron chi connectivity index (χ1n) is 11.0. The Morgan fingerprint density at radius 1 is 0.906 bits per heavy atom. The number of hydrogen-bond donors (Lipinski definition) is 1. The Labute approximate surface area is 188 Å². The van der Waals surface area contributed by atoms with E-state index in [1.165, 1.54) is 5.56 Å². The fraction of sp³-hybridized carbons (Fsp3) is 0.280. The molecule has 4 rings (SSSR count). The number of hydrogen-bond acceptors (Lipinski definition) is 5. The maximum Gasteiger partial charge on any atom is 0.251 e. The van der Waals surface area contributed by atoms with Crippen molar-refractivity contribution in [1.29, 1.82) is 0 Å². The second-order valence-corrected chi connectivity index (χ2v) is 7.74. The fourth-order valence-electron chi connectivity index (χ4n) is 3.59. The Kier molecular flexibility index (Phi) is 6.56. The molecule has 0 spiro atoms. The van der Waals surface area contributed by atoms with Gasteiger partial charge in [0.25, 0.3) is 5.91 Å². The highest BCUT2D eigenvalue weighted by Crippen LogP contribution is 2.22. The first-order valence-corrected chi connectivity index (χ1v) is 11.0. The van der Waals surface area contributed by atoms with Crippen LogP contribution in [0.4, 0.5) is 0 Å². The highest BCUT2D eigenvalue weighted by Gasteiger charge is 2.12. The zero-order chi connectivity index (χ0) is 22.5. The molecule has 1 N–H and O–H groups in total. The van der Waals surface area contributed by atoms with Gasteiger partial charge in [0, 0.05) is 29.8 Å². The van der Waals surface area contributed by atoms with E-state index in [1.807, 2.05) is 60.7 Å². The SMILES string of the molecule is CCN(CC)CCNC(=O)c1ccc(-c2ccc3nnc(-c4ccc(C)cc4)n3n2)cc1. The van der Waals surface area contributed by atoms with E-state index in [4.69, 9.17) is 5.10 Å². The van der Waals surface area contributed by atoms with E-state index in [1.54, 1.807) is 4.52 Å². The average Bonchev–Trinajstić information content (AvgIpc) is 3.25. The van der Waals surface area contributed by atoms with Crippen LogP contribution in [0.2, 0.25) is 0 Å². The lowest BCUT2D eigenvalue weighted by atomic mass is 10.1. The number of fused-ring (bicyclic) bond motifs is 1. The van der Waals surface area contributed by atoms with E-state index in [0.717, 1.165) is 36.5 Å². The largest absolute Gasteiger partial charge is 0.351 e. The molecule has 2 aromatic heterocycles. The van der Waals surface area contributed by atoms with E-state index in [-0.39, 0.29) is 5.91 Å². The predicted molar refractivity (Wildman–Crippen MR) is 127 cm³/mol. The molecule has 2 heterocycles. The van der Waals surface area contributed by atoms with Gasteiger partial charge in [-0.3, -0.25) is 4.79 Å². The molecule has 0 aliphatic rings. The van der Waals surface area contributed by atoms with Crippen molar-refractivity contribution in [2.24, 2.45) is 0 Å². The molecule has 164 valence electrons. The first-order chi connectivity index (χ1) is 15.6. The van der Waals surface area contributed by atoms with Crippen molar-refractivity contribution in [1.82, 2.24) is 30.0 Å². The quantitative estimate of drug-likeness (QED) is 0.462. The van der Waals surface area contributed by atoms with Crippen LogP contribution >= 0.6 is 0 Å². The summed E-state index contributed by atoms with van der Waals surface area (Å²) in [6.07, 6.45) is 0. The van der Waals surface area contributed by atoms with Crippen LogP contribution in [0.5, 0.6) is 0 Å². The van der Waals surface area contributed by atoms with Crippen LogP contribution in [-0.4, -0.2) is 56.8 Å². The van der Waals surface area contributed by atoms with Gasteiger partial charge >= 0.3 is 0 Å². The number of aromatic nitrogens is 4. The third-order valence-electron chi connectivity index (χ3n) is 5.62. The number of rotatable bonds is 8. The summed E-state index contributed by atoms with van der Waals surface area (Å²) in [6.45, 7) is 9.75. The Morgan fingerprint density at radius 2 is 1.59 bits per heavy atom. The van der Waals surface area contributed by atoms with Crippen molar-refractivity contribution < 1.29 is 4.79 Å². The number of amides is 1. The average molecular weight is 429 g/mol. The molecular weight excluding hydrogens is 400 g/mol. The van der Waals surface area contributed by atoms with Gasteiger partial charge in [0.15, 0.2) is 11.5 Å². The number of carbonyl (C=O) groups is 1. The molecular formula is C25H28N6O. The lowest BCUT2D eigenvalue weighted by Crippen LogP contribution is -2.34. The van der Waals surface area contributed by atoms with Gasteiger partial charge in [-0.2, -0.15) is 9.61 Å². The van der Waals surface area contributed by atoms with Crippen LogP contribution in [-0.2, 0) is 0 Å². The maximum atomic E-state index is 12.5. The van der Waals surface area contributed by atoms with Crippen molar-refractivity contribution in [2.75, 3.05) is 26.2 Å². The zero-order valence-corrected chi connectivity index (χ0v) is 18.7. The predicted octanol–water partition coefficient (Wildman–Crippen LogP) is 3.84. The Balaban J connectivity index is 1.51. The molecule has 0 fully saturated rings. The molecule has 0 saturated carbocycles. The van der Waals surface area contributed by atoms with Gasteiger partial charge < -0.3 is 10.2 Å². The maximum absolute atomic E-state index is 12.5. The molecule has 32 heavy (non-hydrogen) atoms. The molecule has 0 bridgehead atoms. The first kappa shape index (κ1) is 21.6. The van der Waals surface area contributed by atoms with Crippen LogP contribution in [0, 0.1) is 6.92 Å². The molecule has 0 saturated heterocycles. The topological polar surface area (TPSA) is 75.4 Å². The number of benzene rings is 2. The zero-order valence-electron chi connectivity index (χ0n) is 18.7. The molecule has 0 unspecified atom stereocenters. The number of nitrogens with one attached hydrogen (secondary N) is 1. The standard InChI is InChI=1S/C25H28N6O/c1-4-30(5-2)17-16-26-25(32)21-12-10-19(11-13-21)22-14-15-23-27-28-24(31(23)29-22)20-8-6-18(3)7-9-20/h6-15H,4-5,16-17H2,1-3H3,(H,26,32). The van der Waals surface area contributed by atoms with Crippen molar-refractivity contribution >= 4 is 11.6 Å². The van der Waals surface area contributed by atoms with Crippen molar-refractivity contribution in [3.05, 3.63) is 71.8 Å². The summed E-state index contributed by atoms with van der Waals surface area (Å²) in [7, 11) is 0. The third-order valence-corrected chi connectivity index (χ3v) is 5.62. The highest BCUT2D eigenvalue weighted by atomic mass is 16.1. The normalized spacial score (nSPS) is 11.2. The Morgan fingerprint density at radius 3 is 2.28 bits per heavy atom.